The zero-order chi connectivity index (χ0) is 17.2. The lowest BCUT2D eigenvalue weighted by Crippen LogP contribution is -2.44. The maximum atomic E-state index is 12.0. The number of methoxy groups -OCH3 is 1. The molecule has 0 spiro atoms. The van der Waals surface area contributed by atoms with Crippen LogP contribution in [-0.4, -0.2) is 49.5 Å². The highest BCUT2D eigenvalue weighted by atomic mass is 16.5. The molecule has 23 heavy (non-hydrogen) atoms. The van der Waals surface area contributed by atoms with E-state index in [-0.39, 0.29) is 30.9 Å². The molecule has 1 rings (SSSR count). The molecule has 1 aromatic carbocycles. The van der Waals surface area contributed by atoms with Crippen molar-refractivity contribution in [2.75, 3.05) is 26.7 Å². The minimum absolute atomic E-state index is 0.0672. The van der Waals surface area contributed by atoms with Crippen LogP contribution in [-0.2, 0) is 16.1 Å². The smallest absolute Gasteiger partial charge is 0.234 e. The molecule has 0 aliphatic heterocycles. The molecular formula is C17H27N3O3. The Kier molecular flexibility index (Phi) is 8.11. The Morgan fingerprint density at radius 3 is 2.52 bits per heavy atom. The van der Waals surface area contributed by atoms with E-state index in [9.17, 15) is 9.59 Å². The summed E-state index contributed by atoms with van der Waals surface area (Å²) in [5, 5.41) is 5.69. The van der Waals surface area contributed by atoms with Crippen LogP contribution in [0.3, 0.4) is 0 Å². The molecule has 0 radical (unpaired) electrons. The molecule has 0 saturated carbocycles. The summed E-state index contributed by atoms with van der Waals surface area (Å²) in [5.41, 5.74) is 0.971. The van der Waals surface area contributed by atoms with E-state index < -0.39 is 0 Å². The number of hydrogen-bond acceptors (Lipinski definition) is 4. The average Bonchev–Trinajstić information content (AvgIpc) is 2.51. The molecule has 0 aliphatic carbocycles. The topological polar surface area (TPSA) is 70.7 Å². The second kappa shape index (κ2) is 9.84. The Hall–Kier alpha value is -2.08. The van der Waals surface area contributed by atoms with Crippen molar-refractivity contribution < 1.29 is 14.3 Å². The molecule has 1 aromatic rings. The Bertz CT molecular complexity index is 518. The quantitative estimate of drug-likeness (QED) is 0.716. The van der Waals surface area contributed by atoms with Crippen LogP contribution in [0.5, 0.6) is 5.75 Å². The summed E-state index contributed by atoms with van der Waals surface area (Å²) in [6.07, 6.45) is 0. The van der Waals surface area contributed by atoms with E-state index in [0.29, 0.717) is 13.1 Å². The van der Waals surface area contributed by atoms with Crippen molar-refractivity contribution in [1.29, 1.82) is 0 Å². The summed E-state index contributed by atoms with van der Waals surface area (Å²) in [5.74, 6) is 0.590. The molecule has 128 valence electrons. The first-order valence-corrected chi connectivity index (χ1v) is 7.86. The van der Waals surface area contributed by atoms with Gasteiger partial charge in [-0.1, -0.05) is 19.1 Å². The van der Waals surface area contributed by atoms with Crippen LogP contribution in [0.4, 0.5) is 0 Å². The average molecular weight is 321 g/mol. The van der Waals surface area contributed by atoms with Crippen molar-refractivity contribution in [3.8, 4) is 5.75 Å². The lowest BCUT2D eigenvalue weighted by Gasteiger charge is -2.20. The van der Waals surface area contributed by atoms with E-state index >= 15 is 0 Å². The van der Waals surface area contributed by atoms with Crippen LogP contribution in [0.15, 0.2) is 24.3 Å². The molecule has 0 aromatic heterocycles. The van der Waals surface area contributed by atoms with Crippen molar-refractivity contribution in [3.63, 3.8) is 0 Å². The van der Waals surface area contributed by atoms with Gasteiger partial charge in [0, 0.05) is 12.6 Å². The third-order valence-corrected chi connectivity index (χ3v) is 3.26. The minimum atomic E-state index is -0.105. The number of nitrogens with one attached hydrogen (secondary N) is 2. The molecular weight excluding hydrogens is 294 g/mol. The lowest BCUT2D eigenvalue weighted by molar-refractivity contribution is -0.125. The fraction of sp³-hybridized carbons (Fsp3) is 0.529. The van der Waals surface area contributed by atoms with Crippen molar-refractivity contribution in [2.24, 2.45) is 0 Å². The molecule has 0 fully saturated rings. The van der Waals surface area contributed by atoms with Crippen molar-refractivity contribution in [1.82, 2.24) is 15.5 Å². The zero-order valence-electron chi connectivity index (χ0n) is 14.4. The SMILES string of the molecule is CCN(CC(=O)NCc1cccc(OC)c1)CC(=O)NC(C)C. The fourth-order valence-electron chi connectivity index (χ4n) is 2.09. The Labute approximate surface area is 138 Å². The molecule has 0 atom stereocenters. The Balaban J connectivity index is 2.42. The summed E-state index contributed by atoms with van der Waals surface area (Å²) in [6.45, 7) is 7.25. The van der Waals surface area contributed by atoms with Gasteiger partial charge in [-0.2, -0.15) is 0 Å². The monoisotopic (exact) mass is 321 g/mol. The molecule has 0 saturated heterocycles. The van der Waals surface area contributed by atoms with Crippen molar-refractivity contribution >= 4 is 11.8 Å². The number of benzene rings is 1. The number of hydrogen-bond donors (Lipinski definition) is 2. The standard InChI is InChI=1S/C17H27N3O3/c1-5-20(12-17(22)19-13(2)3)11-16(21)18-10-14-7-6-8-15(9-14)23-4/h6-9,13H,5,10-12H2,1-4H3,(H,18,21)(H,19,22). The molecule has 2 N–H and O–H groups in total. The van der Waals surface area contributed by atoms with Crippen LogP contribution in [0, 0.1) is 0 Å². The van der Waals surface area contributed by atoms with E-state index in [1.54, 1.807) is 12.0 Å². The molecule has 0 heterocycles. The molecule has 0 unspecified atom stereocenters. The number of carbonyl (C=O) groups excluding carboxylic acids is 2. The third-order valence-electron chi connectivity index (χ3n) is 3.26. The first-order chi connectivity index (χ1) is 10.9. The molecule has 6 heteroatoms. The number of ether oxygens (including phenoxy) is 1. The number of carbonyl (C=O) groups is 2. The van der Waals surface area contributed by atoms with E-state index in [2.05, 4.69) is 10.6 Å². The zero-order valence-corrected chi connectivity index (χ0v) is 14.4. The van der Waals surface area contributed by atoms with Gasteiger partial charge in [-0.3, -0.25) is 14.5 Å². The summed E-state index contributed by atoms with van der Waals surface area (Å²) in [4.78, 5) is 25.6. The van der Waals surface area contributed by atoms with Gasteiger partial charge in [0.2, 0.25) is 11.8 Å². The summed E-state index contributed by atoms with van der Waals surface area (Å²) in [6, 6.07) is 7.65. The maximum Gasteiger partial charge on any atom is 0.234 e. The van der Waals surface area contributed by atoms with E-state index in [1.165, 1.54) is 0 Å². The van der Waals surface area contributed by atoms with Crippen LogP contribution in [0.25, 0.3) is 0 Å². The van der Waals surface area contributed by atoms with Gasteiger partial charge in [0.05, 0.1) is 20.2 Å². The second-order valence-electron chi connectivity index (χ2n) is 5.65. The van der Waals surface area contributed by atoms with Crippen LogP contribution >= 0.6 is 0 Å². The normalized spacial score (nSPS) is 10.7. The number of nitrogens with zero attached hydrogens (tertiary/aromatic N) is 1. The van der Waals surface area contributed by atoms with Gasteiger partial charge in [-0.25, -0.2) is 0 Å². The Morgan fingerprint density at radius 2 is 1.91 bits per heavy atom. The van der Waals surface area contributed by atoms with E-state index in [0.717, 1.165) is 11.3 Å². The third kappa shape index (κ3) is 7.65. The van der Waals surface area contributed by atoms with E-state index in [1.807, 2.05) is 45.0 Å². The van der Waals surface area contributed by atoms with Gasteiger partial charge in [-0.15, -0.1) is 0 Å². The van der Waals surface area contributed by atoms with Gasteiger partial charge >= 0.3 is 0 Å². The lowest BCUT2D eigenvalue weighted by atomic mass is 10.2. The minimum Gasteiger partial charge on any atom is -0.497 e. The van der Waals surface area contributed by atoms with Crippen LogP contribution in [0.2, 0.25) is 0 Å². The van der Waals surface area contributed by atoms with Crippen molar-refractivity contribution in [2.45, 2.75) is 33.4 Å². The maximum absolute atomic E-state index is 12.0. The number of amides is 2. The predicted molar refractivity (Wildman–Crippen MR) is 90.2 cm³/mol. The summed E-state index contributed by atoms with van der Waals surface area (Å²) >= 11 is 0. The highest BCUT2D eigenvalue weighted by molar-refractivity contribution is 5.81. The van der Waals surface area contributed by atoms with Crippen molar-refractivity contribution in [3.05, 3.63) is 29.8 Å². The van der Waals surface area contributed by atoms with Crippen LogP contribution < -0.4 is 15.4 Å². The molecule has 2 amide bonds. The van der Waals surface area contributed by atoms with Gasteiger partial charge < -0.3 is 15.4 Å². The predicted octanol–water partition coefficient (Wildman–Crippen LogP) is 1.16. The molecule has 0 aliphatic rings. The van der Waals surface area contributed by atoms with Gasteiger partial charge in [0.1, 0.15) is 5.75 Å². The number of likely N-dealkylation sites (N-methyl/N-ethyl adjacent to an activating group) is 1. The van der Waals surface area contributed by atoms with Crippen LogP contribution in [0.1, 0.15) is 26.3 Å². The highest BCUT2D eigenvalue weighted by Gasteiger charge is 2.13. The van der Waals surface area contributed by atoms with Gasteiger partial charge in [0.25, 0.3) is 0 Å². The Morgan fingerprint density at radius 1 is 1.22 bits per heavy atom. The van der Waals surface area contributed by atoms with E-state index in [4.69, 9.17) is 4.74 Å². The second-order valence-corrected chi connectivity index (χ2v) is 5.65. The molecule has 6 nitrogen and oxygen atoms in total. The molecule has 0 bridgehead atoms. The fourth-order valence-corrected chi connectivity index (χ4v) is 2.09. The first-order valence-electron chi connectivity index (χ1n) is 7.86. The largest absolute Gasteiger partial charge is 0.497 e. The summed E-state index contributed by atoms with van der Waals surface area (Å²) in [7, 11) is 1.61. The first kappa shape index (κ1) is 19.0. The van der Waals surface area contributed by atoms with Gasteiger partial charge in [-0.05, 0) is 38.1 Å². The van der Waals surface area contributed by atoms with Gasteiger partial charge in [0.15, 0.2) is 0 Å². The highest BCUT2D eigenvalue weighted by Crippen LogP contribution is 2.12. The number of rotatable bonds is 9. The summed E-state index contributed by atoms with van der Waals surface area (Å²) < 4.78 is 5.15.